The fourth-order valence-corrected chi connectivity index (χ4v) is 5.28. The number of hydrogen-bond donors (Lipinski definition) is 1. The van der Waals surface area contributed by atoms with E-state index in [0.29, 0.717) is 17.7 Å². The number of hydrogen-bond acceptors (Lipinski definition) is 5. The summed E-state index contributed by atoms with van der Waals surface area (Å²) < 4.78 is 0. The number of nitrogens with one attached hydrogen (secondary N) is 1. The number of aryl methyl sites for hydroxylation is 2. The predicted octanol–water partition coefficient (Wildman–Crippen LogP) is 2.01. The Kier molecular flexibility index (Phi) is 12.0. The maximum absolute atomic E-state index is 13.2. The average molecular weight is 500 g/mol. The van der Waals surface area contributed by atoms with Gasteiger partial charge in [-0.1, -0.05) is 54.6 Å². The van der Waals surface area contributed by atoms with Crippen molar-refractivity contribution in [3.8, 4) is 11.1 Å². The van der Waals surface area contributed by atoms with E-state index in [2.05, 4.69) is 36.5 Å². The Morgan fingerprint density at radius 3 is 2.26 bits per heavy atom. The maximum Gasteiger partial charge on any atom is 1.00 e. The van der Waals surface area contributed by atoms with Crippen LogP contribution < -0.4 is 29.3 Å². The van der Waals surface area contributed by atoms with E-state index >= 15 is 0 Å². The van der Waals surface area contributed by atoms with E-state index in [9.17, 15) is 14.7 Å². The molecular formula is C28H30LiNO3S2. The molecule has 0 radical (unpaired) electrons. The van der Waals surface area contributed by atoms with E-state index in [4.69, 9.17) is 0 Å². The molecule has 3 aromatic rings. The van der Waals surface area contributed by atoms with Gasteiger partial charge in [-0.25, -0.2) is 0 Å². The number of aliphatic carboxylic acids is 1. The molecule has 0 saturated heterocycles. The predicted molar refractivity (Wildman–Crippen MR) is 142 cm³/mol. The zero-order valence-electron chi connectivity index (χ0n) is 20.8. The largest absolute Gasteiger partial charge is 1.00 e. The van der Waals surface area contributed by atoms with Gasteiger partial charge < -0.3 is 15.2 Å². The number of rotatable bonds is 11. The van der Waals surface area contributed by atoms with E-state index in [0.717, 1.165) is 33.8 Å². The summed E-state index contributed by atoms with van der Waals surface area (Å²) in [6, 6.07) is 21.1. The van der Waals surface area contributed by atoms with Crippen molar-refractivity contribution in [2.24, 2.45) is 0 Å². The molecule has 0 aliphatic carbocycles. The molecule has 0 unspecified atom stereocenters. The summed E-state index contributed by atoms with van der Waals surface area (Å²) in [5, 5.41) is 14.2. The maximum atomic E-state index is 13.2. The molecule has 1 atom stereocenters. The van der Waals surface area contributed by atoms with Crippen LogP contribution in [0.1, 0.15) is 39.0 Å². The third kappa shape index (κ3) is 8.22. The Morgan fingerprint density at radius 1 is 0.914 bits per heavy atom. The van der Waals surface area contributed by atoms with Crippen molar-refractivity contribution in [3.05, 3.63) is 94.5 Å². The van der Waals surface area contributed by atoms with Crippen LogP contribution in [0.5, 0.6) is 0 Å². The Labute approximate surface area is 228 Å². The Hall–Kier alpha value is -2.10. The number of carboxylic acids is 1. The molecule has 0 fully saturated rings. The summed E-state index contributed by atoms with van der Waals surface area (Å²) in [5.74, 6) is 0.694. The summed E-state index contributed by atoms with van der Waals surface area (Å²) in [7, 11) is 0. The zero-order chi connectivity index (χ0) is 24.5. The molecular weight excluding hydrogens is 469 g/mol. The molecule has 1 amide bonds. The average Bonchev–Trinajstić information content (AvgIpc) is 2.83. The van der Waals surface area contributed by atoms with Crippen LogP contribution in [0, 0.1) is 13.8 Å². The summed E-state index contributed by atoms with van der Waals surface area (Å²) in [6.45, 7) is 4.14. The quantitative estimate of drug-likeness (QED) is 0.409. The van der Waals surface area contributed by atoms with Crippen molar-refractivity contribution in [2.75, 3.05) is 12.0 Å². The zero-order valence-corrected chi connectivity index (χ0v) is 22.4. The van der Waals surface area contributed by atoms with Gasteiger partial charge in [-0.2, -0.15) is 23.5 Å². The number of amides is 1. The normalized spacial score (nSPS) is 11.4. The number of thioether (sulfide) groups is 2. The van der Waals surface area contributed by atoms with Gasteiger partial charge in [-0.3, -0.25) is 4.79 Å². The molecule has 0 aliphatic heterocycles. The molecule has 0 heterocycles. The van der Waals surface area contributed by atoms with Crippen LogP contribution in [0.15, 0.2) is 66.7 Å². The van der Waals surface area contributed by atoms with Crippen LogP contribution in [-0.4, -0.2) is 29.9 Å². The summed E-state index contributed by atoms with van der Waals surface area (Å²) in [5.41, 5.74) is 7.02. The Bertz CT molecular complexity index is 1150. The molecule has 1 N–H and O–H groups in total. The van der Waals surface area contributed by atoms with E-state index in [-0.39, 0.29) is 18.9 Å². The molecule has 178 valence electrons. The number of carboxylic acid groups (broad SMARTS) is 1. The second-order valence-electron chi connectivity index (χ2n) is 8.24. The van der Waals surface area contributed by atoms with E-state index in [1.807, 2.05) is 67.4 Å². The van der Waals surface area contributed by atoms with Gasteiger partial charge in [0.2, 0.25) is 0 Å². The van der Waals surface area contributed by atoms with Crippen LogP contribution in [0.4, 0.5) is 0 Å². The number of benzene rings is 3. The number of carbonyl (C=O) groups excluding carboxylic acids is 2. The van der Waals surface area contributed by atoms with Gasteiger partial charge in [-0.15, -0.1) is 0 Å². The van der Waals surface area contributed by atoms with Crippen LogP contribution in [0.3, 0.4) is 0 Å². The van der Waals surface area contributed by atoms with E-state index in [1.54, 1.807) is 0 Å². The first kappa shape index (κ1) is 29.1. The van der Waals surface area contributed by atoms with Crippen LogP contribution in [0.2, 0.25) is 0 Å². The van der Waals surface area contributed by atoms with E-state index < -0.39 is 17.9 Å². The molecule has 0 saturated carbocycles. The van der Waals surface area contributed by atoms with Gasteiger partial charge in [0.1, 0.15) is 0 Å². The first-order valence-corrected chi connectivity index (χ1v) is 13.8. The minimum atomic E-state index is -1.26. The SMILES string of the molecule is CSCC[C@H](NC(=O)c1ccc(CSCc2ccccc2C)cc1-c1ccccc1C)C(=O)[O-].[Li+]. The molecule has 3 aromatic carbocycles. The van der Waals surface area contributed by atoms with Gasteiger partial charge in [0, 0.05) is 17.1 Å². The van der Waals surface area contributed by atoms with Crippen molar-refractivity contribution >= 4 is 35.4 Å². The van der Waals surface area contributed by atoms with Crippen molar-refractivity contribution in [2.45, 2.75) is 37.8 Å². The van der Waals surface area contributed by atoms with Crippen molar-refractivity contribution in [1.29, 1.82) is 0 Å². The second kappa shape index (κ2) is 14.5. The van der Waals surface area contributed by atoms with Gasteiger partial charge in [-0.05, 0) is 77.8 Å². The van der Waals surface area contributed by atoms with Crippen LogP contribution >= 0.6 is 23.5 Å². The smallest absolute Gasteiger partial charge is 0.548 e. The van der Waals surface area contributed by atoms with Crippen molar-refractivity contribution in [3.63, 3.8) is 0 Å². The molecule has 35 heavy (non-hydrogen) atoms. The topological polar surface area (TPSA) is 69.2 Å². The van der Waals surface area contributed by atoms with Crippen LogP contribution in [-0.2, 0) is 16.3 Å². The molecule has 0 bridgehead atoms. The molecule has 0 aromatic heterocycles. The monoisotopic (exact) mass is 499 g/mol. The van der Waals surface area contributed by atoms with Gasteiger partial charge >= 0.3 is 18.9 Å². The minimum Gasteiger partial charge on any atom is -0.548 e. The standard InChI is InChI=1S/C28H31NO3S2.Li/c1-19-8-4-6-10-22(19)18-34-17-21-12-13-24(25(16-21)23-11-7-5-9-20(23)2)27(30)29-26(28(31)32)14-15-33-3;/h4-13,16,26H,14-15,17-18H2,1-3H3,(H,29,30)(H,31,32);/q;+1/p-1/t26-;/m0./s1. The first-order valence-electron chi connectivity index (χ1n) is 11.2. The summed E-state index contributed by atoms with van der Waals surface area (Å²) in [6.07, 6.45) is 2.23. The Balaban J connectivity index is 0.00000432. The fraction of sp³-hybridized carbons (Fsp3) is 0.286. The minimum absolute atomic E-state index is 0. The second-order valence-corrected chi connectivity index (χ2v) is 10.2. The summed E-state index contributed by atoms with van der Waals surface area (Å²) in [4.78, 5) is 24.7. The van der Waals surface area contributed by atoms with Crippen molar-refractivity contribution in [1.82, 2.24) is 5.32 Å². The summed E-state index contributed by atoms with van der Waals surface area (Å²) >= 11 is 3.37. The number of carbonyl (C=O) groups is 2. The van der Waals surface area contributed by atoms with E-state index in [1.165, 1.54) is 22.9 Å². The molecule has 4 nitrogen and oxygen atoms in total. The van der Waals surface area contributed by atoms with Crippen LogP contribution in [0.25, 0.3) is 11.1 Å². The van der Waals surface area contributed by atoms with Gasteiger partial charge in [0.05, 0.1) is 12.0 Å². The third-order valence-corrected chi connectivity index (χ3v) is 7.45. The fourth-order valence-electron chi connectivity index (χ4n) is 3.75. The molecule has 0 spiro atoms. The van der Waals surface area contributed by atoms with Gasteiger partial charge in [0.15, 0.2) is 0 Å². The molecule has 0 aliphatic rings. The molecule has 7 heteroatoms. The first-order chi connectivity index (χ1) is 16.4. The van der Waals surface area contributed by atoms with Gasteiger partial charge in [0.25, 0.3) is 5.91 Å². The molecule has 3 rings (SSSR count). The Morgan fingerprint density at radius 2 is 1.60 bits per heavy atom. The van der Waals surface area contributed by atoms with Crippen molar-refractivity contribution < 1.29 is 33.6 Å². The third-order valence-electron chi connectivity index (χ3n) is 5.75.